The van der Waals surface area contributed by atoms with E-state index in [-0.39, 0.29) is 18.0 Å². The van der Waals surface area contributed by atoms with Crippen LogP contribution in [-0.2, 0) is 21.4 Å². The van der Waals surface area contributed by atoms with Crippen molar-refractivity contribution in [1.29, 1.82) is 0 Å². The van der Waals surface area contributed by atoms with Gasteiger partial charge in [0.15, 0.2) is 6.61 Å². The number of nitrogens with zero attached hydrogens (tertiary/aromatic N) is 2. The number of ether oxygens (including phenoxy) is 1. The van der Waals surface area contributed by atoms with Crippen molar-refractivity contribution >= 4 is 27.3 Å². The molecular formula is C19H22N4O4S2. The third-order valence-corrected chi connectivity index (χ3v) is 6.64. The van der Waals surface area contributed by atoms with Crippen molar-refractivity contribution in [1.82, 2.24) is 14.5 Å². The highest BCUT2D eigenvalue weighted by Crippen LogP contribution is 2.30. The quantitative estimate of drug-likeness (QED) is 0.535. The van der Waals surface area contributed by atoms with Gasteiger partial charge in [0.1, 0.15) is 5.75 Å². The molecule has 3 aromatic rings. The zero-order chi connectivity index (χ0) is 21.0. The molecule has 0 atom stereocenters. The van der Waals surface area contributed by atoms with Crippen molar-refractivity contribution in [3.8, 4) is 16.2 Å². The van der Waals surface area contributed by atoms with Crippen molar-refractivity contribution in [3.05, 3.63) is 53.2 Å². The van der Waals surface area contributed by atoms with Gasteiger partial charge in [-0.2, -0.15) is 5.10 Å². The molecule has 0 bridgehead atoms. The molecule has 0 spiro atoms. The first kappa shape index (κ1) is 21.0. The molecule has 10 heteroatoms. The number of nitrogens with one attached hydrogen (secondary N) is 1. The van der Waals surface area contributed by atoms with Crippen molar-refractivity contribution in [3.63, 3.8) is 0 Å². The Morgan fingerprint density at radius 3 is 2.59 bits per heavy atom. The van der Waals surface area contributed by atoms with Crippen LogP contribution in [0, 0.1) is 13.8 Å². The summed E-state index contributed by atoms with van der Waals surface area (Å²) < 4.78 is 34.5. The predicted octanol–water partition coefficient (Wildman–Crippen LogP) is 2.07. The minimum atomic E-state index is -3.67. The third-order valence-electron chi connectivity index (χ3n) is 4.28. The lowest BCUT2D eigenvalue weighted by Crippen LogP contribution is -2.28. The molecule has 0 radical (unpaired) electrons. The zero-order valence-corrected chi connectivity index (χ0v) is 17.7. The predicted molar refractivity (Wildman–Crippen MR) is 111 cm³/mol. The second-order valence-electron chi connectivity index (χ2n) is 6.37. The van der Waals surface area contributed by atoms with Crippen LogP contribution >= 0.6 is 11.3 Å². The van der Waals surface area contributed by atoms with E-state index in [0.717, 1.165) is 21.8 Å². The number of carbonyl (C=O) groups is 1. The number of thiophene rings is 1. The van der Waals surface area contributed by atoms with E-state index in [1.807, 2.05) is 36.0 Å². The van der Waals surface area contributed by atoms with E-state index in [1.165, 1.54) is 24.3 Å². The minimum Gasteiger partial charge on any atom is -0.484 e. The molecule has 2 aromatic heterocycles. The monoisotopic (exact) mass is 434 g/mol. The summed E-state index contributed by atoms with van der Waals surface area (Å²) in [6, 6.07) is 9.82. The molecule has 0 saturated heterocycles. The molecule has 1 amide bonds. The molecule has 3 N–H and O–H groups in total. The second-order valence-corrected chi connectivity index (χ2v) is 9.09. The van der Waals surface area contributed by atoms with Gasteiger partial charge in [0, 0.05) is 22.7 Å². The second kappa shape index (κ2) is 8.76. The first-order valence-electron chi connectivity index (χ1n) is 8.86. The van der Waals surface area contributed by atoms with Crippen LogP contribution in [-0.4, -0.2) is 37.3 Å². The summed E-state index contributed by atoms with van der Waals surface area (Å²) in [7, 11) is -3.67. The number of rotatable bonds is 9. The molecule has 154 valence electrons. The number of benzene rings is 1. The SMILES string of the molecule is Cc1nn(CCNS(=O)(=O)c2ccc(OCC(N)=O)cc2)c(C)c1-c1cccs1. The van der Waals surface area contributed by atoms with Crippen LogP contribution in [0.4, 0.5) is 0 Å². The fourth-order valence-electron chi connectivity index (χ4n) is 2.93. The molecule has 3 rings (SSSR count). The lowest BCUT2D eigenvalue weighted by atomic mass is 10.1. The van der Waals surface area contributed by atoms with Gasteiger partial charge in [-0.15, -0.1) is 11.3 Å². The number of carbonyl (C=O) groups excluding carboxylic acids is 1. The number of amides is 1. The number of aromatic nitrogens is 2. The maximum absolute atomic E-state index is 12.5. The largest absolute Gasteiger partial charge is 0.484 e. The highest BCUT2D eigenvalue weighted by atomic mass is 32.2. The summed E-state index contributed by atoms with van der Waals surface area (Å²) in [4.78, 5) is 12.0. The summed E-state index contributed by atoms with van der Waals surface area (Å²) >= 11 is 1.65. The van der Waals surface area contributed by atoms with E-state index in [4.69, 9.17) is 10.5 Å². The van der Waals surface area contributed by atoms with E-state index < -0.39 is 15.9 Å². The van der Waals surface area contributed by atoms with E-state index >= 15 is 0 Å². The van der Waals surface area contributed by atoms with Crippen LogP contribution in [0.5, 0.6) is 5.75 Å². The highest BCUT2D eigenvalue weighted by Gasteiger charge is 2.16. The van der Waals surface area contributed by atoms with Gasteiger partial charge in [-0.25, -0.2) is 13.1 Å². The Morgan fingerprint density at radius 2 is 1.97 bits per heavy atom. The van der Waals surface area contributed by atoms with E-state index in [0.29, 0.717) is 12.3 Å². The van der Waals surface area contributed by atoms with Crippen molar-refractivity contribution < 1.29 is 17.9 Å². The Bertz CT molecular complexity index is 1090. The summed E-state index contributed by atoms with van der Waals surface area (Å²) in [5.74, 6) is -0.235. The molecule has 8 nitrogen and oxygen atoms in total. The first-order valence-corrected chi connectivity index (χ1v) is 11.2. The molecule has 0 unspecified atom stereocenters. The number of hydrogen-bond acceptors (Lipinski definition) is 6. The van der Waals surface area contributed by atoms with Gasteiger partial charge < -0.3 is 10.5 Å². The maximum Gasteiger partial charge on any atom is 0.255 e. The number of primary amides is 1. The normalized spacial score (nSPS) is 11.5. The molecule has 1 aromatic carbocycles. The molecule has 29 heavy (non-hydrogen) atoms. The third kappa shape index (κ3) is 5.03. The summed E-state index contributed by atoms with van der Waals surface area (Å²) in [5, 5.41) is 6.56. The fourth-order valence-corrected chi connectivity index (χ4v) is 4.83. The number of sulfonamides is 1. The van der Waals surface area contributed by atoms with Gasteiger partial charge in [-0.05, 0) is 49.6 Å². The first-order chi connectivity index (χ1) is 13.8. The summed E-state index contributed by atoms with van der Waals surface area (Å²) in [6.45, 7) is 4.28. The molecule has 0 aliphatic carbocycles. The highest BCUT2D eigenvalue weighted by molar-refractivity contribution is 7.89. The van der Waals surface area contributed by atoms with Gasteiger partial charge in [0.25, 0.3) is 5.91 Å². The molecule has 2 heterocycles. The van der Waals surface area contributed by atoms with Gasteiger partial charge >= 0.3 is 0 Å². The standard InChI is InChI=1S/C19H22N4O4S2/c1-13-19(17-4-3-11-28-17)14(2)23(22-13)10-9-21-29(25,26)16-7-5-15(6-8-16)27-12-18(20)24/h3-8,11,21H,9-10,12H2,1-2H3,(H2,20,24). The molecule has 0 fully saturated rings. The average molecular weight is 435 g/mol. The minimum absolute atomic E-state index is 0.108. The van der Waals surface area contributed by atoms with E-state index in [2.05, 4.69) is 9.82 Å². The Labute approximate surface area is 173 Å². The number of aryl methyl sites for hydroxylation is 1. The molecule has 0 aliphatic heterocycles. The van der Waals surface area contributed by atoms with Crippen LogP contribution in [0.2, 0.25) is 0 Å². The zero-order valence-electron chi connectivity index (χ0n) is 16.1. The van der Waals surface area contributed by atoms with Gasteiger partial charge in [-0.1, -0.05) is 6.07 Å². The van der Waals surface area contributed by atoms with Crippen LogP contribution in [0.1, 0.15) is 11.4 Å². The summed E-state index contributed by atoms with van der Waals surface area (Å²) in [5.41, 5.74) is 8.02. The van der Waals surface area contributed by atoms with Crippen molar-refractivity contribution in [2.24, 2.45) is 5.73 Å². The lowest BCUT2D eigenvalue weighted by molar-refractivity contribution is -0.119. The summed E-state index contributed by atoms with van der Waals surface area (Å²) in [6.07, 6.45) is 0. The number of nitrogens with two attached hydrogens (primary N) is 1. The van der Waals surface area contributed by atoms with Crippen molar-refractivity contribution in [2.45, 2.75) is 25.3 Å². The average Bonchev–Trinajstić information content (AvgIpc) is 3.28. The topological polar surface area (TPSA) is 116 Å². The number of hydrogen-bond donors (Lipinski definition) is 2. The van der Waals surface area contributed by atoms with Gasteiger partial charge in [-0.3, -0.25) is 9.48 Å². The lowest BCUT2D eigenvalue weighted by Gasteiger charge is -2.09. The van der Waals surface area contributed by atoms with Crippen LogP contribution in [0.3, 0.4) is 0 Å². The van der Waals surface area contributed by atoms with Crippen molar-refractivity contribution in [2.75, 3.05) is 13.2 Å². The maximum atomic E-state index is 12.5. The van der Waals surface area contributed by atoms with Crippen LogP contribution in [0.25, 0.3) is 10.4 Å². The van der Waals surface area contributed by atoms with E-state index in [1.54, 1.807) is 11.3 Å². The fraction of sp³-hybridized carbons (Fsp3) is 0.263. The smallest absolute Gasteiger partial charge is 0.255 e. The Hall–Kier alpha value is -2.69. The van der Waals surface area contributed by atoms with Crippen LogP contribution in [0.15, 0.2) is 46.7 Å². The van der Waals surface area contributed by atoms with Crippen LogP contribution < -0.4 is 15.2 Å². The Balaban J connectivity index is 1.63. The van der Waals surface area contributed by atoms with Gasteiger partial charge in [0.2, 0.25) is 10.0 Å². The van der Waals surface area contributed by atoms with Gasteiger partial charge in [0.05, 0.1) is 17.1 Å². The Kier molecular flexibility index (Phi) is 6.36. The Morgan fingerprint density at radius 1 is 1.24 bits per heavy atom. The molecule has 0 saturated carbocycles. The van der Waals surface area contributed by atoms with E-state index in [9.17, 15) is 13.2 Å². The molecular weight excluding hydrogens is 412 g/mol. The molecule has 0 aliphatic rings.